The van der Waals surface area contributed by atoms with Crippen molar-refractivity contribution in [2.24, 2.45) is 0 Å². The molecule has 0 fully saturated rings. The quantitative estimate of drug-likeness (QED) is 0.449. The van der Waals surface area contributed by atoms with Gasteiger partial charge in [0.1, 0.15) is 5.75 Å². The molecule has 0 saturated heterocycles. The fraction of sp³-hybridized carbons (Fsp3) is 0.160. The zero-order valence-corrected chi connectivity index (χ0v) is 19.3. The van der Waals surface area contributed by atoms with E-state index in [4.69, 9.17) is 33.0 Å². The highest BCUT2D eigenvalue weighted by atomic mass is 35.5. The third-order valence-corrected chi connectivity index (χ3v) is 6.06. The van der Waals surface area contributed by atoms with E-state index in [0.29, 0.717) is 32.5 Å². The molecule has 3 aromatic carbocycles. The Morgan fingerprint density at radius 3 is 2.44 bits per heavy atom. The summed E-state index contributed by atoms with van der Waals surface area (Å²) in [6.07, 6.45) is 0. The number of halogens is 2. The number of hydrogen-bond acceptors (Lipinski definition) is 4. The van der Waals surface area contributed by atoms with Crippen LogP contribution in [0.2, 0.25) is 10.0 Å². The molecule has 34 heavy (non-hydrogen) atoms. The summed E-state index contributed by atoms with van der Waals surface area (Å²) in [5.41, 5.74) is 2.43. The zero-order valence-electron chi connectivity index (χ0n) is 17.8. The second-order valence-electron chi connectivity index (χ2n) is 7.73. The Morgan fingerprint density at radius 2 is 1.74 bits per heavy atom. The highest BCUT2D eigenvalue weighted by Crippen LogP contribution is 2.40. The van der Waals surface area contributed by atoms with Gasteiger partial charge in [-0.3, -0.25) is 9.59 Å². The van der Waals surface area contributed by atoms with Gasteiger partial charge in [0.15, 0.2) is 6.61 Å². The summed E-state index contributed by atoms with van der Waals surface area (Å²) < 4.78 is 5.13. The third kappa shape index (κ3) is 5.16. The van der Waals surface area contributed by atoms with Gasteiger partial charge in [0, 0.05) is 22.2 Å². The molecule has 4 rings (SSSR count). The maximum absolute atomic E-state index is 13.4. The molecule has 2 atom stereocenters. The number of rotatable bonds is 7. The van der Waals surface area contributed by atoms with Crippen LogP contribution in [0.3, 0.4) is 0 Å². The van der Waals surface area contributed by atoms with Crippen molar-refractivity contribution >= 4 is 41.0 Å². The lowest BCUT2D eigenvalue weighted by Gasteiger charge is -2.34. The molecule has 1 aliphatic rings. The molecule has 0 aliphatic carbocycles. The largest absolute Gasteiger partial charge is 0.482 e. The number of benzene rings is 3. The van der Waals surface area contributed by atoms with E-state index in [1.165, 1.54) is 0 Å². The number of carboxylic acids is 1. The first-order chi connectivity index (χ1) is 16.3. The maximum Gasteiger partial charge on any atom is 0.341 e. The molecular formula is C25H20Cl2N2O5. The molecular weight excluding hydrogens is 479 g/mol. The fourth-order valence-corrected chi connectivity index (χ4v) is 4.43. The van der Waals surface area contributed by atoms with Crippen molar-refractivity contribution in [2.45, 2.75) is 18.5 Å². The first kappa shape index (κ1) is 23.6. The zero-order chi connectivity index (χ0) is 24.2. The van der Waals surface area contributed by atoms with Crippen LogP contribution in [-0.2, 0) is 16.1 Å². The number of hydrogen-bond donors (Lipinski definition) is 3. The lowest BCUT2D eigenvalue weighted by molar-refractivity contribution is -0.139. The minimum Gasteiger partial charge on any atom is -0.482 e. The van der Waals surface area contributed by atoms with Gasteiger partial charge < -0.3 is 20.5 Å². The molecule has 0 bridgehead atoms. The van der Waals surface area contributed by atoms with E-state index in [9.17, 15) is 14.4 Å². The summed E-state index contributed by atoms with van der Waals surface area (Å²) in [6, 6.07) is 18.0. The van der Waals surface area contributed by atoms with Crippen molar-refractivity contribution in [3.05, 3.63) is 99.0 Å². The number of nitrogens with one attached hydrogen (secondary N) is 2. The van der Waals surface area contributed by atoms with Crippen molar-refractivity contribution in [1.29, 1.82) is 0 Å². The van der Waals surface area contributed by atoms with E-state index in [0.717, 1.165) is 5.56 Å². The number of carbonyl (C=O) groups is 3. The van der Waals surface area contributed by atoms with E-state index in [1.807, 2.05) is 0 Å². The molecule has 3 aromatic rings. The molecule has 174 valence electrons. The Bertz CT molecular complexity index is 1250. The first-order valence-electron chi connectivity index (χ1n) is 10.4. The Balaban J connectivity index is 1.57. The van der Waals surface area contributed by atoms with Crippen LogP contribution in [0, 0.1) is 0 Å². The number of carbonyl (C=O) groups excluding carboxylic acids is 2. The number of fused-ring (bicyclic) bond motifs is 1. The van der Waals surface area contributed by atoms with Gasteiger partial charge in [-0.05, 0) is 47.0 Å². The van der Waals surface area contributed by atoms with Gasteiger partial charge in [-0.15, -0.1) is 0 Å². The third-order valence-electron chi connectivity index (χ3n) is 5.49. The summed E-state index contributed by atoms with van der Waals surface area (Å²) in [5, 5.41) is 15.4. The van der Waals surface area contributed by atoms with Gasteiger partial charge in [-0.1, -0.05) is 59.6 Å². The smallest absolute Gasteiger partial charge is 0.341 e. The van der Waals surface area contributed by atoms with Crippen LogP contribution in [0.5, 0.6) is 5.75 Å². The molecule has 2 amide bonds. The molecule has 0 unspecified atom stereocenters. The summed E-state index contributed by atoms with van der Waals surface area (Å²) in [4.78, 5) is 36.8. The Morgan fingerprint density at radius 1 is 1.00 bits per heavy atom. The van der Waals surface area contributed by atoms with E-state index in [2.05, 4.69) is 10.6 Å². The minimum atomic E-state index is -1.06. The van der Waals surface area contributed by atoms with Crippen LogP contribution in [-0.4, -0.2) is 29.5 Å². The van der Waals surface area contributed by atoms with Crippen LogP contribution >= 0.6 is 23.2 Å². The van der Waals surface area contributed by atoms with Crippen LogP contribution < -0.4 is 15.4 Å². The van der Waals surface area contributed by atoms with E-state index in [1.54, 1.807) is 66.7 Å². The average Bonchev–Trinajstić information content (AvgIpc) is 2.82. The van der Waals surface area contributed by atoms with Crippen LogP contribution in [0.25, 0.3) is 0 Å². The average molecular weight is 499 g/mol. The molecule has 3 N–H and O–H groups in total. The first-order valence-corrected chi connectivity index (χ1v) is 11.1. The predicted molar refractivity (Wildman–Crippen MR) is 127 cm³/mol. The normalized spacial score (nSPS) is 16.8. The fourth-order valence-electron chi connectivity index (χ4n) is 3.91. The lowest BCUT2D eigenvalue weighted by Crippen LogP contribution is -2.44. The SMILES string of the molecule is O=C(O)COc1ccc(CNC(=O)[C@@H]2c3ccccc3C(=O)N[C@H]2c2ccc(Cl)cc2Cl)cc1. The van der Waals surface area contributed by atoms with Gasteiger partial charge in [-0.25, -0.2) is 4.79 Å². The molecule has 1 heterocycles. The standard InChI is InChI=1S/C25H20Cl2N2O5/c26-15-7-10-19(20(27)11-15)23-22(17-3-1-2-4-18(17)24(32)29-23)25(33)28-12-14-5-8-16(9-6-14)34-13-21(30)31/h1-11,22-23H,12-13H2,(H,28,33)(H,29,32)(H,30,31)/t22-,23+/m1/s1. The van der Waals surface area contributed by atoms with Gasteiger partial charge >= 0.3 is 5.97 Å². The Labute approximate surface area is 205 Å². The van der Waals surface area contributed by atoms with Gasteiger partial charge in [0.25, 0.3) is 5.91 Å². The number of amides is 2. The van der Waals surface area contributed by atoms with Gasteiger partial charge in [-0.2, -0.15) is 0 Å². The molecule has 7 nitrogen and oxygen atoms in total. The van der Waals surface area contributed by atoms with Crippen LogP contribution in [0.4, 0.5) is 0 Å². The van der Waals surface area contributed by atoms with Crippen molar-refractivity contribution in [2.75, 3.05) is 6.61 Å². The van der Waals surface area contributed by atoms with Gasteiger partial charge in [0.05, 0.1) is 12.0 Å². The second kappa shape index (κ2) is 10.2. The summed E-state index contributed by atoms with van der Waals surface area (Å²) in [5.74, 6) is -1.93. The molecule has 9 heteroatoms. The molecule has 0 saturated carbocycles. The highest BCUT2D eigenvalue weighted by Gasteiger charge is 2.39. The van der Waals surface area contributed by atoms with Crippen molar-refractivity contribution in [1.82, 2.24) is 10.6 Å². The van der Waals surface area contributed by atoms with E-state index < -0.39 is 24.5 Å². The maximum atomic E-state index is 13.4. The molecule has 0 spiro atoms. The van der Waals surface area contributed by atoms with Crippen LogP contribution in [0.15, 0.2) is 66.7 Å². The van der Waals surface area contributed by atoms with Crippen molar-refractivity contribution in [3.63, 3.8) is 0 Å². The molecule has 0 aromatic heterocycles. The van der Waals surface area contributed by atoms with Crippen molar-refractivity contribution < 1.29 is 24.2 Å². The Kier molecular flexibility index (Phi) is 7.05. The van der Waals surface area contributed by atoms with Crippen LogP contribution in [0.1, 0.15) is 39.0 Å². The van der Waals surface area contributed by atoms with E-state index in [-0.39, 0.29) is 18.4 Å². The number of aliphatic carboxylic acids is 1. The summed E-state index contributed by atoms with van der Waals surface area (Å²) in [7, 11) is 0. The lowest BCUT2D eigenvalue weighted by atomic mass is 9.80. The molecule has 1 aliphatic heterocycles. The van der Waals surface area contributed by atoms with Gasteiger partial charge in [0.2, 0.25) is 5.91 Å². The van der Waals surface area contributed by atoms with Crippen molar-refractivity contribution in [3.8, 4) is 5.75 Å². The topological polar surface area (TPSA) is 105 Å². The summed E-state index contributed by atoms with van der Waals surface area (Å²) >= 11 is 12.5. The monoisotopic (exact) mass is 498 g/mol. The second-order valence-corrected chi connectivity index (χ2v) is 8.57. The number of ether oxygens (including phenoxy) is 1. The molecule has 0 radical (unpaired) electrons. The number of carboxylic acid groups (broad SMARTS) is 1. The summed E-state index contributed by atoms with van der Waals surface area (Å²) in [6.45, 7) is -0.205. The highest BCUT2D eigenvalue weighted by molar-refractivity contribution is 6.35. The Hall–Kier alpha value is -3.55. The predicted octanol–water partition coefficient (Wildman–Crippen LogP) is 4.34. The minimum absolute atomic E-state index is 0.228. The van der Waals surface area contributed by atoms with E-state index >= 15 is 0 Å².